The summed E-state index contributed by atoms with van der Waals surface area (Å²) in [4.78, 5) is 10.4. The van der Waals surface area contributed by atoms with Crippen molar-refractivity contribution in [1.29, 1.82) is 0 Å². The minimum absolute atomic E-state index is 0.356. The Labute approximate surface area is 95.6 Å². The molecule has 0 saturated heterocycles. The van der Waals surface area contributed by atoms with E-state index >= 15 is 0 Å². The van der Waals surface area contributed by atoms with E-state index in [0.29, 0.717) is 21.7 Å². The number of rotatable bonds is 3. The number of hydrogen-bond donors (Lipinski definition) is 1. The van der Waals surface area contributed by atoms with Gasteiger partial charge in [0.25, 0.3) is 0 Å². The largest absolute Gasteiger partial charge is 0.480 e. The summed E-state index contributed by atoms with van der Waals surface area (Å²) in [6.07, 6.45) is 1.51. The van der Waals surface area contributed by atoms with Crippen LogP contribution in [0.2, 0.25) is 5.02 Å². The van der Waals surface area contributed by atoms with E-state index in [1.165, 1.54) is 6.20 Å². The van der Waals surface area contributed by atoms with Crippen LogP contribution in [-0.4, -0.2) is 27.9 Å². The molecule has 2 rings (SSSR count). The first-order valence-corrected chi connectivity index (χ1v) is 4.81. The van der Waals surface area contributed by atoms with Crippen molar-refractivity contribution < 1.29 is 14.6 Å². The number of aliphatic carboxylic acids is 1. The van der Waals surface area contributed by atoms with Gasteiger partial charge in [-0.1, -0.05) is 11.6 Å². The zero-order valence-electron chi connectivity index (χ0n) is 8.05. The van der Waals surface area contributed by atoms with E-state index in [4.69, 9.17) is 21.4 Å². The van der Waals surface area contributed by atoms with Crippen LogP contribution in [0.3, 0.4) is 0 Å². The summed E-state index contributed by atoms with van der Waals surface area (Å²) in [5.74, 6) is -0.693. The van der Waals surface area contributed by atoms with Crippen LogP contribution in [0.4, 0.5) is 0 Å². The van der Waals surface area contributed by atoms with Gasteiger partial charge in [0.2, 0.25) is 0 Å². The second kappa shape index (κ2) is 4.32. The Morgan fingerprint density at radius 1 is 1.44 bits per heavy atom. The van der Waals surface area contributed by atoms with Crippen LogP contribution in [0, 0.1) is 0 Å². The molecule has 0 atom stereocenters. The summed E-state index contributed by atoms with van der Waals surface area (Å²) >= 11 is 5.95. The number of carboxylic acids is 1. The van der Waals surface area contributed by atoms with Crippen molar-refractivity contribution in [3.63, 3.8) is 0 Å². The number of aromatic nitrogens is 2. The summed E-state index contributed by atoms with van der Waals surface area (Å²) in [5.41, 5.74) is 0.455. The number of ether oxygens (including phenoxy) is 1. The summed E-state index contributed by atoms with van der Waals surface area (Å²) < 4.78 is 5.08. The molecule has 0 unspecified atom stereocenters. The van der Waals surface area contributed by atoms with Crippen molar-refractivity contribution in [3.05, 3.63) is 29.4 Å². The third-order valence-electron chi connectivity index (χ3n) is 1.94. The van der Waals surface area contributed by atoms with E-state index in [-0.39, 0.29) is 0 Å². The zero-order chi connectivity index (χ0) is 11.5. The van der Waals surface area contributed by atoms with Gasteiger partial charge in [-0.05, 0) is 18.2 Å². The molecular formula is C10H7ClN2O3. The molecule has 0 saturated carbocycles. The lowest BCUT2D eigenvalue weighted by molar-refractivity contribution is -0.139. The average Bonchev–Trinajstić information content (AvgIpc) is 2.28. The van der Waals surface area contributed by atoms with Crippen molar-refractivity contribution >= 4 is 28.5 Å². The van der Waals surface area contributed by atoms with Crippen molar-refractivity contribution in [1.82, 2.24) is 10.2 Å². The molecule has 1 aromatic heterocycles. The Balaban J connectivity index is 2.46. The highest BCUT2D eigenvalue weighted by Crippen LogP contribution is 2.28. The minimum atomic E-state index is -1.05. The van der Waals surface area contributed by atoms with E-state index in [9.17, 15) is 4.79 Å². The number of benzene rings is 1. The van der Waals surface area contributed by atoms with Crippen molar-refractivity contribution in [3.8, 4) is 5.75 Å². The molecule has 0 aliphatic heterocycles. The van der Waals surface area contributed by atoms with Crippen molar-refractivity contribution in [2.24, 2.45) is 0 Å². The topological polar surface area (TPSA) is 72.3 Å². The number of fused-ring (bicyclic) bond motifs is 1. The smallest absolute Gasteiger partial charge is 0.341 e. The summed E-state index contributed by atoms with van der Waals surface area (Å²) in [6, 6.07) is 4.89. The fourth-order valence-corrected chi connectivity index (χ4v) is 1.50. The molecule has 0 fully saturated rings. The molecular weight excluding hydrogens is 232 g/mol. The van der Waals surface area contributed by atoms with Crippen LogP contribution >= 0.6 is 11.6 Å². The first kappa shape index (κ1) is 10.6. The van der Waals surface area contributed by atoms with Gasteiger partial charge >= 0.3 is 5.97 Å². The van der Waals surface area contributed by atoms with Gasteiger partial charge in [0.15, 0.2) is 6.61 Å². The molecule has 0 aliphatic carbocycles. The van der Waals surface area contributed by atoms with Gasteiger partial charge in [0, 0.05) is 5.39 Å². The molecule has 1 N–H and O–H groups in total. The number of nitrogens with zero attached hydrogens (tertiary/aromatic N) is 2. The van der Waals surface area contributed by atoms with Crippen LogP contribution in [-0.2, 0) is 4.79 Å². The van der Waals surface area contributed by atoms with E-state index in [2.05, 4.69) is 10.2 Å². The second-order valence-corrected chi connectivity index (χ2v) is 3.43. The van der Waals surface area contributed by atoms with Gasteiger partial charge in [-0.25, -0.2) is 4.79 Å². The second-order valence-electron chi connectivity index (χ2n) is 3.02. The van der Waals surface area contributed by atoms with E-state index in [1.807, 2.05) is 0 Å². The normalized spacial score (nSPS) is 10.3. The Morgan fingerprint density at radius 3 is 3.00 bits per heavy atom. The minimum Gasteiger partial charge on any atom is -0.480 e. The van der Waals surface area contributed by atoms with Crippen LogP contribution < -0.4 is 4.74 Å². The maximum absolute atomic E-state index is 10.4. The Kier molecular flexibility index (Phi) is 2.87. The van der Waals surface area contributed by atoms with E-state index < -0.39 is 12.6 Å². The van der Waals surface area contributed by atoms with Crippen LogP contribution in [0.5, 0.6) is 5.75 Å². The van der Waals surface area contributed by atoms with E-state index in [1.54, 1.807) is 18.2 Å². The highest BCUT2D eigenvalue weighted by molar-refractivity contribution is 6.35. The molecule has 0 bridgehead atoms. The molecule has 1 aromatic carbocycles. The fraction of sp³-hybridized carbons (Fsp3) is 0.100. The van der Waals surface area contributed by atoms with Gasteiger partial charge in [0.05, 0.1) is 11.2 Å². The monoisotopic (exact) mass is 238 g/mol. The van der Waals surface area contributed by atoms with Gasteiger partial charge < -0.3 is 9.84 Å². The van der Waals surface area contributed by atoms with Crippen molar-refractivity contribution in [2.75, 3.05) is 6.61 Å². The predicted molar refractivity (Wildman–Crippen MR) is 57.7 cm³/mol. The number of carbonyl (C=O) groups is 1. The maximum atomic E-state index is 10.4. The van der Waals surface area contributed by atoms with Gasteiger partial charge in [-0.3, -0.25) is 0 Å². The maximum Gasteiger partial charge on any atom is 0.341 e. The van der Waals surface area contributed by atoms with Gasteiger partial charge in [0.1, 0.15) is 11.3 Å². The Bertz CT molecular complexity index is 545. The highest BCUT2D eigenvalue weighted by Gasteiger charge is 2.08. The van der Waals surface area contributed by atoms with Crippen LogP contribution in [0.15, 0.2) is 24.4 Å². The van der Waals surface area contributed by atoms with Gasteiger partial charge in [-0.15, -0.1) is 5.10 Å². The van der Waals surface area contributed by atoms with Crippen LogP contribution in [0.25, 0.3) is 10.9 Å². The Morgan fingerprint density at radius 2 is 2.25 bits per heavy atom. The van der Waals surface area contributed by atoms with Gasteiger partial charge in [-0.2, -0.15) is 5.10 Å². The molecule has 0 radical (unpaired) electrons. The lowest BCUT2D eigenvalue weighted by Gasteiger charge is -2.06. The Hall–Kier alpha value is -1.88. The molecule has 0 amide bonds. The van der Waals surface area contributed by atoms with Crippen LogP contribution in [0.1, 0.15) is 0 Å². The zero-order valence-corrected chi connectivity index (χ0v) is 8.81. The first-order valence-electron chi connectivity index (χ1n) is 4.43. The first-order chi connectivity index (χ1) is 7.68. The summed E-state index contributed by atoms with van der Waals surface area (Å²) in [7, 11) is 0. The fourth-order valence-electron chi connectivity index (χ4n) is 1.28. The molecule has 0 aliphatic rings. The standard InChI is InChI=1S/C10H7ClN2O3/c11-7-1-2-8(16-5-9(14)15)10-6(7)3-4-12-13-10/h1-4H,5H2,(H,14,15). The number of carboxylic acid groups (broad SMARTS) is 1. The summed E-state index contributed by atoms with van der Waals surface area (Å²) in [5, 5.41) is 17.3. The van der Waals surface area contributed by atoms with Crippen molar-refractivity contribution in [2.45, 2.75) is 0 Å². The quantitative estimate of drug-likeness (QED) is 0.882. The predicted octanol–water partition coefficient (Wildman–Crippen LogP) is 1.75. The third-order valence-corrected chi connectivity index (χ3v) is 2.27. The molecule has 82 valence electrons. The lowest BCUT2D eigenvalue weighted by Crippen LogP contribution is -2.09. The molecule has 5 nitrogen and oxygen atoms in total. The molecule has 0 spiro atoms. The molecule has 2 aromatic rings. The summed E-state index contributed by atoms with van der Waals surface area (Å²) in [6.45, 7) is -0.423. The number of halogens is 1. The van der Waals surface area contributed by atoms with E-state index in [0.717, 1.165) is 0 Å². The SMILES string of the molecule is O=C(O)COc1ccc(Cl)c2ccnnc12. The highest BCUT2D eigenvalue weighted by atomic mass is 35.5. The number of hydrogen-bond acceptors (Lipinski definition) is 4. The third kappa shape index (κ3) is 2.04. The lowest BCUT2D eigenvalue weighted by atomic mass is 10.2. The molecule has 6 heteroatoms. The average molecular weight is 239 g/mol. The molecule has 1 heterocycles. The molecule has 16 heavy (non-hydrogen) atoms.